The van der Waals surface area contributed by atoms with Crippen LogP contribution in [0.3, 0.4) is 0 Å². The van der Waals surface area contributed by atoms with Gasteiger partial charge in [0, 0.05) is 6.08 Å². The van der Waals surface area contributed by atoms with Crippen molar-refractivity contribution in [2.24, 2.45) is 0 Å². The second-order valence-electron chi connectivity index (χ2n) is 4.34. The lowest BCUT2D eigenvalue weighted by molar-refractivity contribution is -0.115. The summed E-state index contributed by atoms with van der Waals surface area (Å²) in [7, 11) is 0. The zero-order valence-electron chi connectivity index (χ0n) is 11.2. The van der Waals surface area contributed by atoms with Gasteiger partial charge in [0.25, 0.3) is 11.8 Å². The molecule has 0 heterocycles. The molecule has 2 N–H and O–H groups in total. The first-order valence-corrected chi connectivity index (χ1v) is 6.99. The van der Waals surface area contributed by atoms with Gasteiger partial charge in [0.05, 0.1) is 15.6 Å². The minimum Gasteiger partial charge on any atom is -0.507 e. The molecule has 22 heavy (non-hydrogen) atoms. The van der Waals surface area contributed by atoms with E-state index in [1.807, 2.05) is 0 Å². The van der Waals surface area contributed by atoms with Gasteiger partial charge in [-0.05, 0) is 35.9 Å². The Morgan fingerprint density at radius 1 is 1.05 bits per heavy atom. The Bertz CT molecular complexity index is 757. The SMILES string of the molecule is O=C(C=Cc1ccc(Cl)c(Cl)c1)NC(=O)c1ccccc1O. The van der Waals surface area contributed by atoms with Gasteiger partial charge in [0.15, 0.2) is 0 Å². The number of amides is 2. The molecular weight excluding hydrogens is 325 g/mol. The third-order valence-corrected chi connectivity index (χ3v) is 3.50. The molecule has 112 valence electrons. The molecular formula is C16H11Cl2NO3. The van der Waals surface area contributed by atoms with Gasteiger partial charge < -0.3 is 5.11 Å². The van der Waals surface area contributed by atoms with Crippen LogP contribution in [0.25, 0.3) is 6.08 Å². The zero-order valence-corrected chi connectivity index (χ0v) is 12.7. The van der Waals surface area contributed by atoms with Gasteiger partial charge in [-0.25, -0.2) is 0 Å². The molecule has 0 aliphatic heterocycles. The van der Waals surface area contributed by atoms with E-state index in [4.69, 9.17) is 23.2 Å². The lowest BCUT2D eigenvalue weighted by atomic mass is 10.2. The monoisotopic (exact) mass is 335 g/mol. The molecule has 0 spiro atoms. The van der Waals surface area contributed by atoms with Crippen molar-refractivity contribution in [3.05, 3.63) is 69.7 Å². The van der Waals surface area contributed by atoms with E-state index in [0.717, 1.165) is 0 Å². The average molecular weight is 336 g/mol. The van der Waals surface area contributed by atoms with Gasteiger partial charge in [-0.1, -0.05) is 41.4 Å². The van der Waals surface area contributed by atoms with Crippen LogP contribution < -0.4 is 5.32 Å². The summed E-state index contributed by atoms with van der Waals surface area (Å²) in [6, 6.07) is 10.8. The Kier molecular flexibility index (Phi) is 5.20. The standard InChI is InChI=1S/C16H11Cl2NO3/c17-12-7-5-10(9-13(12)18)6-8-15(21)19-16(22)11-3-1-2-4-14(11)20/h1-9,20H,(H,19,21,22). The molecule has 0 radical (unpaired) electrons. The van der Waals surface area contributed by atoms with E-state index >= 15 is 0 Å². The van der Waals surface area contributed by atoms with Crippen molar-refractivity contribution in [1.29, 1.82) is 0 Å². The number of phenolic OH excluding ortho intramolecular Hbond substituents is 1. The summed E-state index contributed by atoms with van der Waals surface area (Å²) in [5.74, 6) is -1.48. The molecule has 0 saturated carbocycles. The van der Waals surface area contributed by atoms with E-state index in [2.05, 4.69) is 5.32 Å². The first-order valence-electron chi connectivity index (χ1n) is 6.24. The predicted octanol–water partition coefficient (Wildman–Crippen LogP) is 3.67. The van der Waals surface area contributed by atoms with Gasteiger partial charge in [-0.15, -0.1) is 0 Å². The minimum absolute atomic E-state index is 0.0267. The van der Waals surface area contributed by atoms with Crippen LogP contribution in [-0.2, 0) is 4.79 Å². The summed E-state index contributed by atoms with van der Waals surface area (Å²) < 4.78 is 0. The molecule has 6 heteroatoms. The Morgan fingerprint density at radius 2 is 1.77 bits per heavy atom. The van der Waals surface area contributed by atoms with E-state index in [-0.39, 0.29) is 11.3 Å². The van der Waals surface area contributed by atoms with E-state index in [0.29, 0.717) is 15.6 Å². The molecule has 0 aliphatic carbocycles. The zero-order chi connectivity index (χ0) is 16.1. The van der Waals surface area contributed by atoms with Crippen LogP contribution in [-0.4, -0.2) is 16.9 Å². The Hall–Kier alpha value is -2.30. The van der Waals surface area contributed by atoms with Crippen LogP contribution in [0.5, 0.6) is 5.75 Å². The molecule has 2 rings (SSSR count). The fourth-order valence-corrected chi connectivity index (χ4v) is 1.98. The Morgan fingerprint density at radius 3 is 2.45 bits per heavy atom. The number of nitrogens with one attached hydrogen (secondary N) is 1. The minimum atomic E-state index is -0.679. The summed E-state index contributed by atoms with van der Waals surface area (Å²) >= 11 is 11.7. The lowest BCUT2D eigenvalue weighted by Crippen LogP contribution is -2.28. The lowest BCUT2D eigenvalue weighted by Gasteiger charge is -2.03. The van der Waals surface area contributed by atoms with Crippen LogP contribution in [0.15, 0.2) is 48.5 Å². The molecule has 2 aromatic rings. The quantitative estimate of drug-likeness (QED) is 0.841. The summed E-state index contributed by atoms with van der Waals surface area (Å²) in [6.07, 6.45) is 2.69. The van der Waals surface area contributed by atoms with E-state index in [1.54, 1.807) is 30.3 Å². The highest BCUT2D eigenvalue weighted by Gasteiger charge is 2.11. The Labute approximate surface area is 137 Å². The number of aromatic hydroxyl groups is 1. The Balaban J connectivity index is 2.03. The molecule has 0 bridgehead atoms. The van der Waals surface area contributed by atoms with Gasteiger partial charge in [-0.2, -0.15) is 0 Å². The second-order valence-corrected chi connectivity index (χ2v) is 5.16. The molecule has 2 aromatic carbocycles. The smallest absolute Gasteiger partial charge is 0.261 e. The average Bonchev–Trinajstić information content (AvgIpc) is 2.49. The van der Waals surface area contributed by atoms with Crippen molar-refractivity contribution in [2.45, 2.75) is 0 Å². The maximum Gasteiger partial charge on any atom is 0.261 e. The predicted molar refractivity (Wildman–Crippen MR) is 86.1 cm³/mol. The molecule has 0 unspecified atom stereocenters. The van der Waals surface area contributed by atoms with Crippen LogP contribution in [0.1, 0.15) is 15.9 Å². The molecule has 0 saturated heterocycles. The van der Waals surface area contributed by atoms with Crippen LogP contribution >= 0.6 is 23.2 Å². The topological polar surface area (TPSA) is 66.4 Å². The van der Waals surface area contributed by atoms with Crippen molar-refractivity contribution in [2.75, 3.05) is 0 Å². The molecule has 0 aliphatic rings. The van der Waals surface area contributed by atoms with Crippen molar-refractivity contribution in [3.8, 4) is 5.75 Å². The van der Waals surface area contributed by atoms with E-state index in [1.165, 1.54) is 24.3 Å². The third kappa shape index (κ3) is 4.10. The van der Waals surface area contributed by atoms with Crippen LogP contribution in [0.2, 0.25) is 10.0 Å². The number of phenols is 1. The first-order chi connectivity index (χ1) is 10.5. The van der Waals surface area contributed by atoms with Crippen LogP contribution in [0.4, 0.5) is 0 Å². The molecule has 0 aromatic heterocycles. The fourth-order valence-electron chi connectivity index (χ4n) is 1.67. The van der Waals surface area contributed by atoms with Crippen molar-refractivity contribution in [3.63, 3.8) is 0 Å². The van der Waals surface area contributed by atoms with Gasteiger partial charge in [0.2, 0.25) is 0 Å². The van der Waals surface area contributed by atoms with Crippen LogP contribution in [0, 0.1) is 0 Å². The maximum absolute atomic E-state index is 11.8. The highest BCUT2D eigenvalue weighted by atomic mass is 35.5. The first kappa shape index (κ1) is 16.1. The van der Waals surface area contributed by atoms with Crippen molar-refractivity contribution in [1.82, 2.24) is 5.32 Å². The molecule has 0 fully saturated rings. The highest BCUT2D eigenvalue weighted by Crippen LogP contribution is 2.23. The highest BCUT2D eigenvalue weighted by molar-refractivity contribution is 6.42. The number of rotatable bonds is 3. The molecule has 2 amide bonds. The largest absolute Gasteiger partial charge is 0.507 e. The summed E-state index contributed by atoms with van der Waals surface area (Å²) in [4.78, 5) is 23.5. The number of carbonyl (C=O) groups excluding carboxylic acids is 2. The normalized spacial score (nSPS) is 10.6. The number of carbonyl (C=O) groups is 2. The summed E-state index contributed by atoms with van der Waals surface area (Å²) in [6.45, 7) is 0. The number of hydrogen-bond donors (Lipinski definition) is 2. The third-order valence-electron chi connectivity index (χ3n) is 2.76. The number of halogens is 2. The molecule has 0 atom stereocenters. The maximum atomic E-state index is 11.8. The van der Waals surface area contributed by atoms with E-state index in [9.17, 15) is 14.7 Å². The van der Waals surface area contributed by atoms with Gasteiger partial charge >= 0.3 is 0 Å². The van der Waals surface area contributed by atoms with Crippen molar-refractivity contribution >= 4 is 41.1 Å². The second kappa shape index (κ2) is 7.11. The number of hydrogen-bond acceptors (Lipinski definition) is 3. The number of benzene rings is 2. The van der Waals surface area contributed by atoms with Crippen molar-refractivity contribution < 1.29 is 14.7 Å². The number of imide groups is 1. The van der Waals surface area contributed by atoms with Gasteiger partial charge in [-0.3, -0.25) is 14.9 Å². The number of para-hydroxylation sites is 1. The van der Waals surface area contributed by atoms with E-state index < -0.39 is 11.8 Å². The van der Waals surface area contributed by atoms with Gasteiger partial charge in [0.1, 0.15) is 5.75 Å². The summed E-state index contributed by atoms with van der Waals surface area (Å²) in [5.41, 5.74) is 0.693. The molecule has 4 nitrogen and oxygen atoms in total. The summed E-state index contributed by atoms with van der Waals surface area (Å²) in [5, 5.41) is 12.5. The fraction of sp³-hybridized carbons (Fsp3) is 0.